The first-order valence-corrected chi connectivity index (χ1v) is 5.00. The monoisotopic (exact) mass is 233 g/mol. The Bertz CT molecular complexity index is 523. The van der Waals surface area contributed by atoms with Crippen LogP contribution in [0.4, 0.5) is 0 Å². The zero-order chi connectivity index (χ0) is 11.5. The molecule has 0 atom stereocenters. The van der Waals surface area contributed by atoms with Gasteiger partial charge in [0.2, 0.25) is 0 Å². The summed E-state index contributed by atoms with van der Waals surface area (Å²) < 4.78 is 0. The lowest BCUT2D eigenvalue weighted by Gasteiger charge is -2.04. The highest BCUT2D eigenvalue weighted by atomic mass is 35.5. The number of carboxylic acids is 1. The largest absolute Gasteiger partial charge is 0.478 e. The zero-order valence-electron chi connectivity index (χ0n) is 8.22. The molecule has 80 valence electrons. The van der Waals surface area contributed by atoms with Gasteiger partial charge < -0.3 is 5.11 Å². The van der Waals surface area contributed by atoms with Crippen LogP contribution in [0, 0.1) is 0 Å². The number of pyridine rings is 1. The van der Waals surface area contributed by atoms with Gasteiger partial charge >= 0.3 is 5.97 Å². The molecule has 0 amide bonds. The summed E-state index contributed by atoms with van der Waals surface area (Å²) in [6.45, 7) is 0. The van der Waals surface area contributed by atoms with Crippen molar-refractivity contribution in [2.75, 3.05) is 0 Å². The van der Waals surface area contributed by atoms with Gasteiger partial charge in [-0.05, 0) is 24.3 Å². The predicted molar refractivity (Wildman–Crippen MR) is 61.6 cm³/mol. The van der Waals surface area contributed by atoms with Crippen molar-refractivity contribution in [3.05, 3.63) is 53.2 Å². The summed E-state index contributed by atoms with van der Waals surface area (Å²) in [5.41, 5.74) is 1.37. The summed E-state index contributed by atoms with van der Waals surface area (Å²) in [5.74, 6) is -0.988. The van der Waals surface area contributed by atoms with Crippen molar-refractivity contribution in [3.63, 3.8) is 0 Å². The number of aromatic nitrogens is 1. The maximum Gasteiger partial charge on any atom is 0.337 e. The van der Waals surface area contributed by atoms with Crippen molar-refractivity contribution in [2.45, 2.75) is 0 Å². The molecule has 2 aromatic rings. The van der Waals surface area contributed by atoms with Gasteiger partial charge in [0.1, 0.15) is 0 Å². The highest BCUT2D eigenvalue weighted by Crippen LogP contribution is 2.22. The average Bonchev–Trinajstić information content (AvgIpc) is 2.30. The van der Waals surface area contributed by atoms with Crippen LogP contribution in [0.3, 0.4) is 0 Å². The zero-order valence-corrected chi connectivity index (χ0v) is 8.98. The van der Waals surface area contributed by atoms with Gasteiger partial charge in [-0.15, -0.1) is 0 Å². The van der Waals surface area contributed by atoms with Crippen LogP contribution in [-0.2, 0) is 0 Å². The van der Waals surface area contributed by atoms with E-state index in [9.17, 15) is 4.79 Å². The highest BCUT2D eigenvalue weighted by molar-refractivity contribution is 6.30. The third-order valence-electron chi connectivity index (χ3n) is 2.16. The smallest absolute Gasteiger partial charge is 0.337 e. The molecule has 16 heavy (non-hydrogen) atoms. The molecule has 0 aliphatic heterocycles. The first kappa shape index (κ1) is 10.6. The summed E-state index contributed by atoms with van der Waals surface area (Å²) in [4.78, 5) is 15.1. The molecule has 0 fully saturated rings. The van der Waals surface area contributed by atoms with Gasteiger partial charge in [-0.3, -0.25) is 4.98 Å². The maximum absolute atomic E-state index is 11.0. The molecule has 0 bridgehead atoms. The molecular formula is C12H8ClNO2. The molecule has 0 radical (unpaired) electrons. The van der Waals surface area contributed by atoms with E-state index >= 15 is 0 Å². The van der Waals surface area contributed by atoms with E-state index in [2.05, 4.69) is 4.98 Å². The molecule has 0 aliphatic rings. The fourth-order valence-electron chi connectivity index (χ4n) is 1.42. The number of nitrogens with zero attached hydrogens (tertiary/aromatic N) is 1. The van der Waals surface area contributed by atoms with E-state index in [1.165, 1.54) is 6.07 Å². The van der Waals surface area contributed by atoms with Gasteiger partial charge in [0, 0.05) is 16.8 Å². The minimum absolute atomic E-state index is 0.185. The van der Waals surface area contributed by atoms with Crippen molar-refractivity contribution < 1.29 is 9.90 Å². The number of hydrogen-bond acceptors (Lipinski definition) is 2. The molecule has 0 saturated carbocycles. The van der Waals surface area contributed by atoms with Crippen molar-refractivity contribution in [2.24, 2.45) is 0 Å². The standard InChI is InChI=1S/C12H8ClNO2/c13-9-5-3-8(4-6-9)11-10(12(15)16)2-1-7-14-11/h1-7H,(H,15,16). The van der Waals surface area contributed by atoms with Crippen LogP contribution < -0.4 is 0 Å². The fraction of sp³-hybridized carbons (Fsp3) is 0. The number of hydrogen-bond donors (Lipinski definition) is 1. The number of carboxylic acid groups (broad SMARTS) is 1. The SMILES string of the molecule is O=C(O)c1cccnc1-c1ccc(Cl)cc1. The Labute approximate surface area is 97.3 Å². The molecule has 1 heterocycles. The second kappa shape index (κ2) is 4.33. The van der Waals surface area contributed by atoms with Crippen LogP contribution in [0.2, 0.25) is 5.02 Å². The lowest BCUT2D eigenvalue weighted by atomic mass is 10.1. The summed E-state index contributed by atoms with van der Waals surface area (Å²) in [7, 11) is 0. The van der Waals surface area contributed by atoms with Crippen molar-refractivity contribution in [1.82, 2.24) is 4.98 Å². The second-order valence-electron chi connectivity index (χ2n) is 3.21. The van der Waals surface area contributed by atoms with Gasteiger partial charge in [0.15, 0.2) is 0 Å². The molecule has 0 aliphatic carbocycles. The summed E-state index contributed by atoms with van der Waals surface area (Å²) in [5, 5.41) is 9.62. The molecule has 3 nitrogen and oxygen atoms in total. The Balaban J connectivity index is 2.55. The van der Waals surface area contributed by atoms with Gasteiger partial charge in [-0.2, -0.15) is 0 Å². The molecule has 0 saturated heterocycles. The lowest BCUT2D eigenvalue weighted by molar-refractivity contribution is 0.0697. The van der Waals surface area contributed by atoms with E-state index in [0.29, 0.717) is 10.7 Å². The Hall–Kier alpha value is -1.87. The summed E-state index contributed by atoms with van der Waals surface area (Å²) in [6, 6.07) is 10.0. The minimum Gasteiger partial charge on any atom is -0.478 e. The Morgan fingerprint density at radius 1 is 1.19 bits per heavy atom. The van der Waals surface area contributed by atoms with Crippen LogP contribution in [0.1, 0.15) is 10.4 Å². The van der Waals surface area contributed by atoms with Crippen molar-refractivity contribution in [3.8, 4) is 11.3 Å². The van der Waals surface area contributed by atoms with Crippen LogP contribution in [0.5, 0.6) is 0 Å². The first-order valence-electron chi connectivity index (χ1n) is 4.63. The van der Waals surface area contributed by atoms with Gasteiger partial charge in [-0.1, -0.05) is 23.7 Å². The number of halogens is 1. The van der Waals surface area contributed by atoms with E-state index in [4.69, 9.17) is 16.7 Å². The number of aromatic carboxylic acids is 1. The number of carbonyl (C=O) groups is 1. The second-order valence-corrected chi connectivity index (χ2v) is 3.65. The molecule has 0 spiro atoms. The topological polar surface area (TPSA) is 50.2 Å². The third kappa shape index (κ3) is 2.04. The molecule has 1 aromatic heterocycles. The third-order valence-corrected chi connectivity index (χ3v) is 2.41. The highest BCUT2D eigenvalue weighted by Gasteiger charge is 2.11. The van der Waals surface area contributed by atoms with E-state index in [0.717, 1.165) is 5.56 Å². The van der Waals surface area contributed by atoms with E-state index < -0.39 is 5.97 Å². The van der Waals surface area contributed by atoms with Gasteiger partial charge in [-0.25, -0.2) is 4.79 Å². The molecule has 1 aromatic carbocycles. The molecule has 4 heteroatoms. The van der Waals surface area contributed by atoms with Gasteiger partial charge in [0.25, 0.3) is 0 Å². The summed E-state index contributed by atoms with van der Waals surface area (Å²) >= 11 is 5.76. The van der Waals surface area contributed by atoms with Gasteiger partial charge in [0.05, 0.1) is 11.3 Å². The molecule has 0 unspecified atom stereocenters. The van der Waals surface area contributed by atoms with Crippen LogP contribution in [0.25, 0.3) is 11.3 Å². The fourth-order valence-corrected chi connectivity index (χ4v) is 1.54. The Morgan fingerprint density at radius 2 is 1.88 bits per heavy atom. The van der Waals surface area contributed by atoms with Crippen LogP contribution in [-0.4, -0.2) is 16.1 Å². The Kier molecular flexibility index (Phi) is 2.88. The normalized spacial score (nSPS) is 10.1. The average molecular weight is 234 g/mol. The van der Waals surface area contributed by atoms with Crippen molar-refractivity contribution >= 4 is 17.6 Å². The van der Waals surface area contributed by atoms with E-state index in [-0.39, 0.29) is 5.56 Å². The predicted octanol–water partition coefficient (Wildman–Crippen LogP) is 3.10. The first-order chi connectivity index (χ1) is 7.68. The molecular weight excluding hydrogens is 226 g/mol. The number of benzene rings is 1. The lowest BCUT2D eigenvalue weighted by Crippen LogP contribution is -2.00. The molecule has 1 N–H and O–H groups in total. The number of rotatable bonds is 2. The molecule has 2 rings (SSSR count). The van der Waals surface area contributed by atoms with Crippen LogP contribution >= 0.6 is 11.6 Å². The van der Waals surface area contributed by atoms with Crippen molar-refractivity contribution in [1.29, 1.82) is 0 Å². The van der Waals surface area contributed by atoms with E-state index in [1.807, 2.05) is 0 Å². The van der Waals surface area contributed by atoms with E-state index in [1.54, 1.807) is 36.5 Å². The summed E-state index contributed by atoms with van der Waals surface area (Å²) in [6.07, 6.45) is 1.57. The quantitative estimate of drug-likeness (QED) is 0.867. The van der Waals surface area contributed by atoms with Crippen LogP contribution in [0.15, 0.2) is 42.6 Å². The minimum atomic E-state index is -0.988. The maximum atomic E-state index is 11.0. The Morgan fingerprint density at radius 3 is 2.50 bits per heavy atom.